The third kappa shape index (κ3) is 3.82. The lowest BCUT2D eigenvalue weighted by Crippen LogP contribution is -2.24. The normalized spacial score (nSPS) is 13.4. The average Bonchev–Trinajstić information content (AvgIpc) is 3.46. The number of benzene rings is 1. The molecule has 1 heterocycles. The Kier molecular flexibility index (Phi) is 5.33. The molecule has 1 saturated carbocycles. The lowest BCUT2D eigenvalue weighted by atomic mass is 9.86. The number of aromatic nitrogens is 1. The van der Waals surface area contributed by atoms with Gasteiger partial charge in [-0.3, -0.25) is 14.4 Å². The van der Waals surface area contributed by atoms with Crippen molar-refractivity contribution in [2.75, 3.05) is 0 Å². The van der Waals surface area contributed by atoms with E-state index in [0.717, 1.165) is 24.8 Å². The monoisotopic (exact) mass is 376 g/mol. The van der Waals surface area contributed by atoms with Crippen LogP contribution in [0, 0.1) is 24.2 Å². The molecule has 0 spiro atoms. The molecule has 28 heavy (non-hydrogen) atoms. The van der Waals surface area contributed by atoms with Crippen molar-refractivity contribution in [1.29, 1.82) is 5.26 Å². The van der Waals surface area contributed by atoms with E-state index in [4.69, 9.17) is 0 Å². The molecule has 1 aliphatic rings. The van der Waals surface area contributed by atoms with Crippen LogP contribution in [-0.4, -0.2) is 16.6 Å². The molecule has 2 aromatic rings. The maximum atomic E-state index is 13.6. The molecule has 0 unspecified atom stereocenters. The minimum Gasteiger partial charge on any atom is -0.326 e. The topological polar surface area (TPSA) is 90.8 Å². The Labute approximate surface area is 164 Å². The number of rotatable bonds is 6. The van der Waals surface area contributed by atoms with Crippen LogP contribution < -0.4 is 5.56 Å². The number of nitrogens with zero attached hydrogens (tertiary/aromatic N) is 1. The highest BCUT2D eigenvalue weighted by Gasteiger charge is 2.29. The molecule has 1 aromatic carbocycles. The van der Waals surface area contributed by atoms with Crippen LogP contribution in [0.5, 0.6) is 0 Å². The van der Waals surface area contributed by atoms with E-state index in [-0.39, 0.29) is 34.2 Å². The van der Waals surface area contributed by atoms with Crippen molar-refractivity contribution < 1.29 is 9.59 Å². The fourth-order valence-electron chi connectivity index (χ4n) is 3.62. The lowest BCUT2D eigenvalue weighted by molar-refractivity contribution is 0.101. The summed E-state index contributed by atoms with van der Waals surface area (Å²) in [6.45, 7) is 7.02. The Balaban J connectivity index is 2.26. The van der Waals surface area contributed by atoms with Crippen molar-refractivity contribution in [3.05, 3.63) is 67.6 Å². The van der Waals surface area contributed by atoms with Crippen LogP contribution in [0.2, 0.25) is 0 Å². The Hall–Kier alpha value is -3.00. The Morgan fingerprint density at radius 1 is 1.21 bits per heavy atom. The molecule has 0 bridgehead atoms. The van der Waals surface area contributed by atoms with Gasteiger partial charge in [-0.15, -0.1) is 0 Å². The smallest absolute Gasteiger partial charge is 0.252 e. The Morgan fingerprint density at radius 2 is 1.86 bits per heavy atom. The molecule has 3 rings (SSSR count). The molecule has 1 aliphatic carbocycles. The number of aryl methyl sites for hydroxylation is 1. The van der Waals surface area contributed by atoms with E-state index < -0.39 is 0 Å². The predicted octanol–water partition coefficient (Wildman–Crippen LogP) is 4.06. The zero-order chi connectivity index (χ0) is 20.6. The van der Waals surface area contributed by atoms with Gasteiger partial charge in [-0.2, -0.15) is 5.26 Å². The van der Waals surface area contributed by atoms with Crippen molar-refractivity contribution in [2.45, 2.75) is 52.9 Å². The number of hydrogen-bond donors (Lipinski definition) is 1. The lowest BCUT2D eigenvalue weighted by Gasteiger charge is -2.18. The van der Waals surface area contributed by atoms with Gasteiger partial charge in [0.05, 0.1) is 11.6 Å². The fourth-order valence-corrected chi connectivity index (χ4v) is 3.62. The third-order valence-electron chi connectivity index (χ3n) is 5.29. The van der Waals surface area contributed by atoms with Crippen LogP contribution >= 0.6 is 0 Å². The second-order valence-corrected chi connectivity index (χ2v) is 7.94. The van der Waals surface area contributed by atoms with E-state index in [1.165, 1.54) is 25.1 Å². The quantitative estimate of drug-likeness (QED) is 0.770. The number of carbonyl (C=O) groups is 2. The van der Waals surface area contributed by atoms with Crippen LogP contribution in [0.4, 0.5) is 0 Å². The van der Waals surface area contributed by atoms with E-state index in [1.54, 1.807) is 0 Å². The van der Waals surface area contributed by atoms with Gasteiger partial charge in [-0.25, -0.2) is 0 Å². The molecule has 0 saturated heterocycles. The first-order valence-corrected chi connectivity index (χ1v) is 9.59. The zero-order valence-electron chi connectivity index (χ0n) is 16.7. The third-order valence-corrected chi connectivity index (χ3v) is 5.29. The van der Waals surface area contributed by atoms with Gasteiger partial charge >= 0.3 is 0 Å². The minimum atomic E-state index is -0.298. The molecular formula is C23H24N2O3. The SMILES string of the molecule is CC(=O)c1cc(C#N)cc(C(=O)c2c(CC3CC3)c(C)[nH]c(=O)c2C(C)C)c1. The van der Waals surface area contributed by atoms with Gasteiger partial charge in [-0.05, 0) is 68.7 Å². The second kappa shape index (κ2) is 7.55. The number of aromatic amines is 1. The Bertz CT molecular complexity index is 1070. The maximum absolute atomic E-state index is 13.6. The highest BCUT2D eigenvalue weighted by atomic mass is 16.1. The summed E-state index contributed by atoms with van der Waals surface area (Å²) in [6.07, 6.45) is 3.00. The first-order valence-electron chi connectivity index (χ1n) is 9.59. The van der Waals surface area contributed by atoms with Gasteiger partial charge in [0, 0.05) is 27.9 Å². The van der Waals surface area contributed by atoms with Crippen LogP contribution in [0.15, 0.2) is 23.0 Å². The summed E-state index contributed by atoms with van der Waals surface area (Å²) in [5.41, 5.74) is 3.10. The largest absolute Gasteiger partial charge is 0.326 e. The molecule has 144 valence electrons. The molecule has 1 aromatic heterocycles. The number of carbonyl (C=O) groups excluding carboxylic acids is 2. The van der Waals surface area contributed by atoms with E-state index in [9.17, 15) is 19.6 Å². The molecule has 1 fully saturated rings. The van der Waals surface area contributed by atoms with Gasteiger partial charge in [0.15, 0.2) is 11.6 Å². The fraction of sp³-hybridized carbons (Fsp3) is 0.391. The van der Waals surface area contributed by atoms with Crippen molar-refractivity contribution in [2.24, 2.45) is 5.92 Å². The highest BCUT2D eigenvalue weighted by molar-refractivity contribution is 6.12. The van der Waals surface area contributed by atoms with Gasteiger partial charge in [0.1, 0.15) is 0 Å². The predicted molar refractivity (Wildman–Crippen MR) is 107 cm³/mol. The second-order valence-electron chi connectivity index (χ2n) is 7.94. The molecule has 0 aliphatic heterocycles. The number of H-pyrrole nitrogens is 1. The van der Waals surface area contributed by atoms with Gasteiger partial charge < -0.3 is 4.98 Å². The van der Waals surface area contributed by atoms with Gasteiger partial charge in [0.2, 0.25) is 0 Å². The molecule has 0 amide bonds. The van der Waals surface area contributed by atoms with Crippen LogP contribution in [0.3, 0.4) is 0 Å². The number of Topliss-reactive ketones (excluding diaryl/α,β-unsaturated/α-hetero) is 1. The molecule has 0 radical (unpaired) electrons. The van der Waals surface area contributed by atoms with Crippen molar-refractivity contribution in [3.8, 4) is 6.07 Å². The van der Waals surface area contributed by atoms with Crippen molar-refractivity contribution >= 4 is 11.6 Å². The van der Waals surface area contributed by atoms with E-state index in [2.05, 4.69) is 4.98 Å². The first-order chi connectivity index (χ1) is 13.2. The van der Waals surface area contributed by atoms with Crippen LogP contribution in [-0.2, 0) is 6.42 Å². The molecular weight excluding hydrogens is 352 g/mol. The van der Waals surface area contributed by atoms with Crippen molar-refractivity contribution in [3.63, 3.8) is 0 Å². The summed E-state index contributed by atoms with van der Waals surface area (Å²) < 4.78 is 0. The van der Waals surface area contributed by atoms with E-state index >= 15 is 0 Å². The summed E-state index contributed by atoms with van der Waals surface area (Å²) in [7, 11) is 0. The zero-order valence-corrected chi connectivity index (χ0v) is 16.7. The number of pyridine rings is 1. The summed E-state index contributed by atoms with van der Waals surface area (Å²) in [5, 5.41) is 9.31. The number of nitriles is 1. The number of ketones is 2. The summed E-state index contributed by atoms with van der Waals surface area (Å²) in [6, 6.07) is 6.51. The first kappa shape index (κ1) is 19.8. The summed E-state index contributed by atoms with van der Waals surface area (Å²) >= 11 is 0. The van der Waals surface area contributed by atoms with Crippen molar-refractivity contribution in [1.82, 2.24) is 4.98 Å². The van der Waals surface area contributed by atoms with E-state index in [0.29, 0.717) is 28.3 Å². The van der Waals surface area contributed by atoms with Gasteiger partial charge in [0.25, 0.3) is 5.56 Å². The summed E-state index contributed by atoms with van der Waals surface area (Å²) in [5.74, 6) is -0.106. The van der Waals surface area contributed by atoms with Gasteiger partial charge in [-0.1, -0.05) is 13.8 Å². The van der Waals surface area contributed by atoms with Crippen LogP contribution in [0.1, 0.15) is 88.2 Å². The highest BCUT2D eigenvalue weighted by Crippen LogP contribution is 2.36. The molecule has 1 N–H and O–H groups in total. The molecule has 5 heteroatoms. The number of hydrogen-bond acceptors (Lipinski definition) is 4. The standard InChI is InChI=1S/C23H24N2O3/c1-12(2)20-21(19(9-15-5-6-15)13(3)25-23(20)28)22(27)18-8-16(11-24)7-17(10-18)14(4)26/h7-8,10,12,15H,5-6,9H2,1-4H3,(H,25,28). The Morgan fingerprint density at radius 3 is 2.39 bits per heavy atom. The van der Waals surface area contributed by atoms with Crippen LogP contribution in [0.25, 0.3) is 0 Å². The maximum Gasteiger partial charge on any atom is 0.252 e. The summed E-state index contributed by atoms with van der Waals surface area (Å²) in [4.78, 5) is 41.0. The molecule has 5 nitrogen and oxygen atoms in total. The average molecular weight is 376 g/mol. The number of nitrogens with one attached hydrogen (secondary N) is 1. The molecule has 0 atom stereocenters. The minimum absolute atomic E-state index is 0.132. The van der Waals surface area contributed by atoms with E-state index in [1.807, 2.05) is 26.8 Å².